The van der Waals surface area contributed by atoms with Gasteiger partial charge in [0.05, 0.1) is 23.8 Å². The third kappa shape index (κ3) is 4.42. The first-order valence-electron chi connectivity index (χ1n) is 5.12. The second-order valence-corrected chi connectivity index (χ2v) is 4.56. The van der Waals surface area contributed by atoms with Crippen molar-refractivity contribution >= 4 is 23.1 Å². The summed E-state index contributed by atoms with van der Waals surface area (Å²) in [5, 5.41) is 6.46. The van der Waals surface area contributed by atoms with Crippen molar-refractivity contribution < 1.29 is 0 Å². The Morgan fingerprint density at radius 1 is 1.40 bits per heavy atom. The molecule has 1 rings (SSSR count). The van der Waals surface area contributed by atoms with Crippen molar-refractivity contribution in [2.45, 2.75) is 6.92 Å². The molecule has 2 N–H and O–H groups in total. The Morgan fingerprint density at radius 2 is 2.13 bits per heavy atom. The van der Waals surface area contributed by atoms with Gasteiger partial charge in [-0.1, -0.05) is 6.92 Å². The zero-order chi connectivity index (χ0) is 11.1. The van der Waals surface area contributed by atoms with Gasteiger partial charge in [-0.3, -0.25) is 4.98 Å². The Balaban J connectivity index is 2.43. The average Bonchev–Trinajstić information content (AvgIpc) is 2.27. The average molecular weight is 225 g/mol. The summed E-state index contributed by atoms with van der Waals surface area (Å²) in [4.78, 5) is 4.15. The number of rotatable bonds is 6. The van der Waals surface area contributed by atoms with Gasteiger partial charge in [-0.15, -0.1) is 0 Å². The van der Waals surface area contributed by atoms with Gasteiger partial charge in [0.2, 0.25) is 0 Å². The zero-order valence-corrected chi connectivity index (χ0v) is 10.4. The molecule has 1 unspecified atom stereocenters. The highest BCUT2D eigenvalue weighted by Crippen LogP contribution is 2.13. The molecule has 0 fully saturated rings. The van der Waals surface area contributed by atoms with E-state index in [0.29, 0.717) is 5.92 Å². The van der Waals surface area contributed by atoms with Crippen LogP contribution in [0.25, 0.3) is 0 Å². The molecule has 0 amide bonds. The lowest BCUT2D eigenvalue weighted by Gasteiger charge is -2.12. The van der Waals surface area contributed by atoms with Crippen LogP contribution in [0.15, 0.2) is 18.5 Å². The smallest absolute Gasteiger partial charge is 0.0547 e. The van der Waals surface area contributed by atoms with Gasteiger partial charge in [0.1, 0.15) is 0 Å². The molecule has 0 spiro atoms. The van der Waals surface area contributed by atoms with Crippen LogP contribution in [0.5, 0.6) is 0 Å². The Hall–Kier alpha value is -0.900. The van der Waals surface area contributed by atoms with Crippen LogP contribution in [-0.2, 0) is 0 Å². The molecule has 0 aliphatic heterocycles. The van der Waals surface area contributed by atoms with Gasteiger partial charge in [-0.2, -0.15) is 11.8 Å². The second kappa shape index (κ2) is 6.56. The lowest BCUT2D eigenvalue weighted by molar-refractivity contribution is 0.701. The van der Waals surface area contributed by atoms with Crippen molar-refractivity contribution in [1.82, 2.24) is 4.98 Å². The minimum atomic E-state index is 0.679. The fourth-order valence-corrected chi connectivity index (χ4v) is 2.00. The molecule has 4 heteroatoms. The first-order chi connectivity index (χ1) is 7.26. The van der Waals surface area contributed by atoms with E-state index in [2.05, 4.69) is 34.9 Å². The van der Waals surface area contributed by atoms with Gasteiger partial charge in [-0.25, -0.2) is 0 Å². The van der Waals surface area contributed by atoms with Crippen molar-refractivity contribution in [3.8, 4) is 0 Å². The third-order valence-corrected chi connectivity index (χ3v) is 3.04. The molecule has 0 aromatic carbocycles. The molecule has 1 heterocycles. The molecule has 1 aromatic heterocycles. The molecule has 3 nitrogen and oxygen atoms in total. The van der Waals surface area contributed by atoms with E-state index in [1.807, 2.05) is 31.2 Å². The molecule has 15 heavy (non-hydrogen) atoms. The predicted octanol–water partition coefficient (Wildman–Crippen LogP) is 2.53. The van der Waals surface area contributed by atoms with Crippen LogP contribution in [0.4, 0.5) is 11.4 Å². The van der Waals surface area contributed by atoms with Crippen LogP contribution in [0, 0.1) is 5.92 Å². The van der Waals surface area contributed by atoms with Gasteiger partial charge in [-0.05, 0) is 24.0 Å². The summed E-state index contributed by atoms with van der Waals surface area (Å²) in [6, 6.07) is 2.07. The summed E-state index contributed by atoms with van der Waals surface area (Å²) in [5.74, 6) is 1.87. The van der Waals surface area contributed by atoms with E-state index in [9.17, 15) is 0 Å². The molecule has 0 aliphatic rings. The van der Waals surface area contributed by atoms with Crippen molar-refractivity contribution in [1.29, 1.82) is 0 Å². The van der Waals surface area contributed by atoms with E-state index in [1.54, 1.807) is 0 Å². The summed E-state index contributed by atoms with van der Waals surface area (Å²) in [6.45, 7) is 3.24. The summed E-state index contributed by atoms with van der Waals surface area (Å²) in [7, 11) is 1.90. The molecule has 0 radical (unpaired) electrons. The molecular weight excluding hydrogens is 206 g/mol. The van der Waals surface area contributed by atoms with Crippen molar-refractivity contribution in [3.05, 3.63) is 18.5 Å². The summed E-state index contributed by atoms with van der Waals surface area (Å²) in [6.07, 6.45) is 5.81. The number of anilines is 2. The van der Waals surface area contributed by atoms with E-state index in [0.717, 1.165) is 17.9 Å². The van der Waals surface area contributed by atoms with Crippen molar-refractivity contribution in [2.24, 2.45) is 5.92 Å². The monoisotopic (exact) mass is 225 g/mol. The number of hydrogen-bond acceptors (Lipinski definition) is 4. The number of pyridine rings is 1. The molecule has 0 bridgehead atoms. The Bertz CT molecular complexity index is 291. The first-order valence-corrected chi connectivity index (χ1v) is 6.51. The van der Waals surface area contributed by atoms with Crippen LogP contribution in [0.2, 0.25) is 0 Å². The van der Waals surface area contributed by atoms with Crippen LogP contribution in [-0.4, -0.2) is 30.6 Å². The number of nitrogens with one attached hydrogen (secondary N) is 2. The largest absolute Gasteiger partial charge is 0.387 e. The quantitative estimate of drug-likeness (QED) is 0.780. The van der Waals surface area contributed by atoms with Crippen LogP contribution >= 0.6 is 11.8 Å². The molecule has 0 saturated carbocycles. The van der Waals surface area contributed by atoms with Crippen LogP contribution < -0.4 is 10.6 Å². The van der Waals surface area contributed by atoms with E-state index in [1.165, 1.54) is 5.75 Å². The molecule has 84 valence electrons. The number of thioether (sulfide) groups is 1. The number of aromatic nitrogens is 1. The third-order valence-electron chi connectivity index (χ3n) is 2.13. The van der Waals surface area contributed by atoms with Gasteiger partial charge in [0, 0.05) is 13.6 Å². The lowest BCUT2D eigenvalue weighted by Crippen LogP contribution is -2.13. The summed E-state index contributed by atoms with van der Waals surface area (Å²) >= 11 is 1.88. The molecule has 1 atom stereocenters. The standard InChI is InChI=1S/C11H19N3S/c1-9(8-15-3)5-14-11-4-10(12-2)6-13-7-11/h4,6-7,9,12,14H,5,8H2,1-3H3. The SMILES string of the molecule is CNc1cncc(NCC(C)CSC)c1. The Labute approximate surface area is 96.1 Å². The second-order valence-electron chi connectivity index (χ2n) is 3.65. The van der Waals surface area contributed by atoms with E-state index in [4.69, 9.17) is 0 Å². The summed E-state index contributed by atoms with van der Waals surface area (Å²) < 4.78 is 0. The Morgan fingerprint density at radius 3 is 2.80 bits per heavy atom. The van der Waals surface area contributed by atoms with Crippen LogP contribution in [0.1, 0.15) is 6.92 Å². The van der Waals surface area contributed by atoms with Crippen LogP contribution in [0.3, 0.4) is 0 Å². The number of hydrogen-bond donors (Lipinski definition) is 2. The fourth-order valence-electron chi connectivity index (χ4n) is 1.31. The van der Waals surface area contributed by atoms with E-state index in [-0.39, 0.29) is 0 Å². The van der Waals surface area contributed by atoms with Gasteiger partial charge in [0.15, 0.2) is 0 Å². The molecule has 1 aromatic rings. The van der Waals surface area contributed by atoms with Gasteiger partial charge in [0.25, 0.3) is 0 Å². The highest BCUT2D eigenvalue weighted by atomic mass is 32.2. The first kappa shape index (κ1) is 12.2. The topological polar surface area (TPSA) is 37.0 Å². The van der Waals surface area contributed by atoms with Gasteiger partial charge >= 0.3 is 0 Å². The summed E-state index contributed by atoms with van der Waals surface area (Å²) in [5.41, 5.74) is 2.12. The molecular formula is C11H19N3S. The van der Waals surface area contributed by atoms with Crippen molar-refractivity contribution in [2.75, 3.05) is 36.2 Å². The predicted molar refractivity (Wildman–Crippen MR) is 69.8 cm³/mol. The van der Waals surface area contributed by atoms with E-state index >= 15 is 0 Å². The normalized spacial score (nSPS) is 12.2. The minimum Gasteiger partial charge on any atom is -0.387 e. The molecule has 0 aliphatic carbocycles. The van der Waals surface area contributed by atoms with Crippen molar-refractivity contribution in [3.63, 3.8) is 0 Å². The Kier molecular flexibility index (Phi) is 5.32. The maximum absolute atomic E-state index is 4.15. The zero-order valence-electron chi connectivity index (χ0n) is 9.58. The highest BCUT2D eigenvalue weighted by molar-refractivity contribution is 7.98. The molecule has 0 saturated heterocycles. The number of nitrogens with zero attached hydrogens (tertiary/aromatic N) is 1. The lowest BCUT2D eigenvalue weighted by atomic mass is 10.2. The minimum absolute atomic E-state index is 0.679. The maximum Gasteiger partial charge on any atom is 0.0547 e. The van der Waals surface area contributed by atoms with E-state index < -0.39 is 0 Å². The van der Waals surface area contributed by atoms with Gasteiger partial charge < -0.3 is 10.6 Å². The fraction of sp³-hybridized carbons (Fsp3) is 0.545. The highest BCUT2D eigenvalue weighted by Gasteiger charge is 2.01. The maximum atomic E-state index is 4.15.